The zero-order valence-corrected chi connectivity index (χ0v) is 14.8. The molecule has 1 N–H and O–H groups in total. The Hall–Kier alpha value is -3.07. The quantitative estimate of drug-likeness (QED) is 0.804. The number of carbonyl (C=O) groups excluding carboxylic acids is 4. The third kappa shape index (κ3) is 3.47. The van der Waals surface area contributed by atoms with E-state index in [-0.39, 0.29) is 29.4 Å². The van der Waals surface area contributed by atoms with Gasteiger partial charge in [0.15, 0.2) is 5.13 Å². The molecule has 0 atom stereocenters. The Bertz CT molecular complexity index is 870. The summed E-state index contributed by atoms with van der Waals surface area (Å²) in [6.07, 6.45) is -0.235. The van der Waals surface area contributed by atoms with Gasteiger partial charge >= 0.3 is 5.97 Å². The standard InChI is InChI=1S/C17H15N3O5S/c1-9(2)14(22)19-17-18-10(8-26-17)7-13(21)25-20-15(23)11-5-3-4-6-12(11)16(20)24/h3-6,8-9H,7H2,1-2H3,(H,18,19,22). The highest BCUT2D eigenvalue weighted by molar-refractivity contribution is 7.13. The summed E-state index contributed by atoms with van der Waals surface area (Å²) in [5.74, 6) is -2.53. The van der Waals surface area contributed by atoms with Gasteiger partial charge in [-0.3, -0.25) is 14.4 Å². The number of fused-ring (bicyclic) bond motifs is 1. The molecule has 9 heteroatoms. The van der Waals surface area contributed by atoms with Gasteiger partial charge in [-0.15, -0.1) is 11.3 Å². The van der Waals surface area contributed by atoms with Crippen molar-refractivity contribution in [1.29, 1.82) is 0 Å². The van der Waals surface area contributed by atoms with Crippen molar-refractivity contribution in [2.45, 2.75) is 20.3 Å². The third-order valence-corrected chi connectivity index (χ3v) is 4.39. The van der Waals surface area contributed by atoms with Crippen molar-refractivity contribution < 1.29 is 24.0 Å². The Kier molecular flexibility index (Phi) is 4.81. The smallest absolute Gasteiger partial charge is 0.329 e. The minimum Gasteiger partial charge on any atom is -0.329 e. The van der Waals surface area contributed by atoms with E-state index >= 15 is 0 Å². The van der Waals surface area contributed by atoms with Gasteiger partial charge in [0.25, 0.3) is 11.8 Å². The molecule has 0 spiro atoms. The molecule has 3 amide bonds. The maximum absolute atomic E-state index is 12.2. The summed E-state index contributed by atoms with van der Waals surface area (Å²) in [6.45, 7) is 3.51. The lowest BCUT2D eigenvalue weighted by Gasteiger charge is -2.12. The van der Waals surface area contributed by atoms with Crippen LogP contribution >= 0.6 is 11.3 Å². The van der Waals surface area contributed by atoms with Crippen LogP contribution in [0.5, 0.6) is 0 Å². The molecule has 0 bridgehead atoms. The van der Waals surface area contributed by atoms with Crippen molar-refractivity contribution in [2.24, 2.45) is 5.92 Å². The maximum Gasteiger partial charge on any atom is 0.339 e. The topological polar surface area (TPSA) is 106 Å². The van der Waals surface area contributed by atoms with Crippen molar-refractivity contribution in [1.82, 2.24) is 10.0 Å². The van der Waals surface area contributed by atoms with E-state index in [0.29, 0.717) is 15.9 Å². The van der Waals surface area contributed by atoms with Crippen molar-refractivity contribution in [2.75, 3.05) is 5.32 Å². The molecule has 134 valence electrons. The van der Waals surface area contributed by atoms with E-state index in [0.717, 1.165) is 0 Å². The molecular weight excluding hydrogens is 358 g/mol. The normalized spacial score (nSPS) is 13.1. The van der Waals surface area contributed by atoms with Crippen LogP contribution in [0.4, 0.5) is 5.13 Å². The van der Waals surface area contributed by atoms with Gasteiger partial charge in [0, 0.05) is 11.3 Å². The second-order valence-electron chi connectivity index (χ2n) is 5.88. The fourth-order valence-corrected chi connectivity index (χ4v) is 2.94. The van der Waals surface area contributed by atoms with Gasteiger partial charge in [-0.05, 0) is 12.1 Å². The van der Waals surface area contributed by atoms with Gasteiger partial charge in [-0.25, -0.2) is 9.78 Å². The van der Waals surface area contributed by atoms with E-state index in [1.54, 1.807) is 31.4 Å². The highest BCUT2D eigenvalue weighted by Crippen LogP contribution is 2.23. The van der Waals surface area contributed by atoms with E-state index in [1.807, 2.05) is 0 Å². The van der Waals surface area contributed by atoms with Crippen LogP contribution in [-0.4, -0.2) is 33.7 Å². The Morgan fingerprint density at radius 2 is 1.81 bits per heavy atom. The number of thiazole rings is 1. The van der Waals surface area contributed by atoms with E-state index in [2.05, 4.69) is 10.3 Å². The van der Waals surface area contributed by atoms with Crippen molar-refractivity contribution >= 4 is 40.2 Å². The molecule has 0 aliphatic carbocycles. The highest BCUT2D eigenvalue weighted by Gasteiger charge is 2.38. The van der Waals surface area contributed by atoms with Gasteiger partial charge < -0.3 is 10.2 Å². The zero-order valence-electron chi connectivity index (χ0n) is 14.0. The van der Waals surface area contributed by atoms with E-state index in [4.69, 9.17) is 4.84 Å². The predicted molar refractivity (Wildman–Crippen MR) is 92.3 cm³/mol. The predicted octanol–water partition coefficient (Wildman–Crippen LogP) is 2.03. The number of amides is 3. The molecule has 0 saturated heterocycles. The van der Waals surface area contributed by atoms with Crippen molar-refractivity contribution in [3.63, 3.8) is 0 Å². The molecule has 8 nitrogen and oxygen atoms in total. The SMILES string of the molecule is CC(C)C(=O)Nc1nc(CC(=O)ON2C(=O)c3ccccc3C2=O)cs1. The molecule has 1 aromatic heterocycles. The Labute approximate surface area is 152 Å². The molecule has 3 rings (SSSR count). The average molecular weight is 373 g/mol. The van der Waals surface area contributed by atoms with Gasteiger partial charge in [-0.1, -0.05) is 31.0 Å². The summed E-state index contributed by atoms with van der Waals surface area (Å²) in [7, 11) is 0. The molecule has 26 heavy (non-hydrogen) atoms. The maximum atomic E-state index is 12.2. The molecule has 0 saturated carbocycles. The lowest BCUT2D eigenvalue weighted by atomic mass is 10.1. The summed E-state index contributed by atoms with van der Waals surface area (Å²) in [4.78, 5) is 57.0. The van der Waals surface area contributed by atoms with E-state index < -0.39 is 17.8 Å². The minimum absolute atomic E-state index is 0.181. The molecule has 0 unspecified atom stereocenters. The van der Waals surface area contributed by atoms with Crippen molar-refractivity contribution in [3.8, 4) is 0 Å². The van der Waals surface area contributed by atoms with Gasteiger partial charge in [0.2, 0.25) is 5.91 Å². The number of hydrogen-bond acceptors (Lipinski definition) is 7. The molecule has 0 radical (unpaired) electrons. The van der Waals surface area contributed by atoms with Crippen LogP contribution in [0.15, 0.2) is 29.6 Å². The number of imide groups is 1. The fourth-order valence-electron chi connectivity index (χ4n) is 2.23. The van der Waals surface area contributed by atoms with Crippen LogP contribution in [0, 0.1) is 5.92 Å². The summed E-state index contributed by atoms with van der Waals surface area (Å²) < 4.78 is 0. The van der Waals surface area contributed by atoms with Crippen LogP contribution in [-0.2, 0) is 20.8 Å². The van der Waals surface area contributed by atoms with E-state index in [1.165, 1.54) is 23.5 Å². The zero-order chi connectivity index (χ0) is 18.8. The van der Waals surface area contributed by atoms with Crippen LogP contribution in [0.1, 0.15) is 40.3 Å². The summed E-state index contributed by atoms with van der Waals surface area (Å²) in [5.41, 5.74) is 0.756. The van der Waals surface area contributed by atoms with Crippen LogP contribution < -0.4 is 5.32 Å². The number of nitrogens with one attached hydrogen (secondary N) is 1. The Balaban J connectivity index is 1.62. The summed E-state index contributed by atoms with van der Waals surface area (Å²) >= 11 is 1.17. The largest absolute Gasteiger partial charge is 0.339 e. The number of carbonyl (C=O) groups is 4. The molecule has 1 aliphatic heterocycles. The molecule has 2 heterocycles. The van der Waals surface area contributed by atoms with Crippen LogP contribution in [0.3, 0.4) is 0 Å². The molecule has 2 aromatic rings. The molecule has 1 aliphatic rings. The second-order valence-corrected chi connectivity index (χ2v) is 6.74. The number of hydrogen-bond donors (Lipinski definition) is 1. The fraction of sp³-hybridized carbons (Fsp3) is 0.235. The molecule has 0 fully saturated rings. The number of benzene rings is 1. The summed E-state index contributed by atoms with van der Waals surface area (Å²) in [6, 6.07) is 6.23. The van der Waals surface area contributed by atoms with Crippen molar-refractivity contribution in [3.05, 3.63) is 46.5 Å². The first-order valence-electron chi connectivity index (χ1n) is 7.80. The molecular formula is C17H15N3O5S. The van der Waals surface area contributed by atoms with Gasteiger partial charge in [-0.2, -0.15) is 0 Å². The first kappa shape index (κ1) is 17.7. The number of rotatable bonds is 5. The first-order chi connectivity index (χ1) is 12.4. The Morgan fingerprint density at radius 3 is 2.38 bits per heavy atom. The summed E-state index contributed by atoms with van der Waals surface area (Å²) in [5, 5.41) is 5.06. The lowest BCUT2D eigenvalue weighted by Crippen LogP contribution is -2.33. The first-order valence-corrected chi connectivity index (χ1v) is 8.68. The van der Waals surface area contributed by atoms with Crippen LogP contribution in [0.25, 0.3) is 0 Å². The monoisotopic (exact) mass is 373 g/mol. The average Bonchev–Trinajstić information content (AvgIpc) is 3.13. The number of aromatic nitrogens is 1. The van der Waals surface area contributed by atoms with Crippen LogP contribution in [0.2, 0.25) is 0 Å². The third-order valence-electron chi connectivity index (χ3n) is 3.58. The Morgan fingerprint density at radius 1 is 1.19 bits per heavy atom. The lowest BCUT2D eigenvalue weighted by molar-refractivity contribution is -0.167. The number of nitrogens with zero attached hydrogens (tertiary/aromatic N) is 2. The second kappa shape index (κ2) is 7.04. The highest BCUT2D eigenvalue weighted by atomic mass is 32.1. The van der Waals surface area contributed by atoms with Gasteiger partial charge in [0.05, 0.1) is 23.2 Å². The number of anilines is 1. The van der Waals surface area contributed by atoms with E-state index in [9.17, 15) is 19.2 Å². The van der Waals surface area contributed by atoms with Gasteiger partial charge in [0.1, 0.15) is 0 Å². The minimum atomic E-state index is -0.799. The number of hydroxylamine groups is 2. The molecule has 1 aromatic carbocycles.